The average Bonchev–Trinajstić information content (AvgIpc) is 2.45. The largest absolute Gasteiger partial charge is 0.433 e. The van der Waals surface area contributed by atoms with E-state index in [2.05, 4.69) is 20.3 Å². The summed E-state index contributed by atoms with van der Waals surface area (Å²) in [4.78, 5) is 22.1. The molecule has 0 spiro atoms. The van der Waals surface area contributed by atoms with Gasteiger partial charge in [0.1, 0.15) is 0 Å². The van der Waals surface area contributed by atoms with Gasteiger partial charge in [0.25, 0.3) is 5.91 Å². The summed E-state index contributed by atoms with van der Waals surface area (Å²) in [6.07, 6.45) is -0.966. The molecule has 9 heteroatoms. The SMILES string of the molecule is O=C(NCc1cnc(Cl)nc1C(F)(F)F)c1cccnc1. The molecule has 0 aliphatic heterocycles. The number of aromatic nitrogens is 3. The van der Waals surface area contributed by atoms with E-state index in [0.717, 1.165) is 6.20 Å². The lowest BCUT2D eigenvalue weighted by Crippen LogP contribution is -2.25. The van der Waals surface area contributed by atoms with Crippen molar-refractivity contribution >= 4 is 17.5 Å². The predicted octanol–water partition coefficient (Wildman–Crippen LogP) is 2.47. The summed E-state index contributed by atoms with van der Waals surface area (Å²) in [5, 5.41) is 1.84. The number of nitrogens with one attached hydrogen (secondary N) is 1. The van der Waals surface area contributed by atoms with Crippen molar-refractivity contribution in [1.29, 1.82) is 0 Å². The van der Waals surface area contributed by atoms with Crippen LogP contribution in [0, 0.1) is 0 Å². The zero-order valence-electron chi connectivity index (χ0n) is 10.4. The maximum atomic E-state index is 12.8. The number of amides is 1. The van der Waals surface area contributed by atoms with Crippen LogP contribution in [0.5, 0.6) is 0 Å². The number of carbonyl (C=O) groups is 1. The standard InChI is InChI=1S/C12H8ClF3N4O/c13-11-19-6-8(9(20-11)12(14,15)16)5-18-10(21)7-2-1-3-17-4-7/h1-4,6H,5H2,(H,18,21). The molecule has 5 nitrogen and oxygen atoms in total. The smallest absolute Gasteiger partial charge is 0.348 e. The molecule has 0 aromatic carbocycles. The van der Waals surface area contributed by atoms with Gasteiger partial charge >= 0.3 is 6.18 Å². The van der Waals surface area contributed by atoms with Crippen LogP contribution in [-0.4, -0.2) is 20.9 Å². The van der Waals surface area contributed by atoms with Crippen LogP contribution in [-0.2, 0) is 12.7 Å². The summed E-state index contributed by atoms with van der Waals surface area (Å²) in [5.74, 6) is -0.550. The highest BCUT2D eigenvalue weighted by Crippen LogP contribution is 2.30. The Morgan fingerprint density at radius 2 is 2.10 bits per heavy atom. The first kappa shape index (κ1) is 15.2. The second-order valence-corrected chi connectivity index (χ2v) is 4.27. The van der Waals surface area contributed by atoms with E-state index in [1.165, 1.54) is 18.5 Å². The van der Waals surface area contributed by atoms with Crippen molar-refractivity contribution in [1.82, 2.24) is 20.3 Å². The number of pyridine rings is 1. The van der Waals surface area contributed by atoms with E-state index in [1.807, 2.05) is 0 Å². The van der Waals surface area contributed by atoms with Crippen molar-refractivity contribution in [2.24, 2.45) is 0 Å². The third kappa shape index (κ3) is 3.88. The van der Waals surface area contributed by atoms with E-state index in [1.54, 1.807) is 6.07 Å². The highest BCUT2D eigenvalue weighted by molar-refractivity contribution is 6.28. The molecule has 0 saturated carbocycles. The summed E-state index contributed by atoms with van der Waals surface area (Å²) in [7, 11) is 0. The molecule has 0 atom stereocenters. The van der Waals surface area contributed by atoms with Crippen LogP contribution in [0.2, 0.25) is 5.28 Å². The van der Waals surface area contributed by atoms with Gasteiger partial charge < -0.3 is 5.32 Å². The van der Waals surface area contributed by atoms with Gasteiger partial charge in [-0.3, -0.25) is 9.78 Å². The predicted molar refractivity (Wildman–Crippen MR) is 67.5 cm³/mol. The Balaban J connectivity index is 2.16. The fourth-order valence-electron chi connectivity index (χ4n) is 1.53. The van der Waals surface area contributed by atoms with E-state index < -0.39 is 23.1 Å². The highest BCUT2D eigenvalue weighted by atomic mass is 35.5. The molecule has 21 heavy (non-hydrogen) atoms. The molecule has 0 fully saturated rings. The second-order valence-electron chi connectivity index (χ2n) is 3.94. The fourth-order valence-corrected chi connectivity index (χ4v) is 1.67. The Bertz CT molecular complexity index is 649. The van der Waals surface area contributed by atoms with E-state index in [-0.39, 0.29) is 17.7 Å². The first-order valence-corrected chi connectivity index (χ1v) is 6.02. The highest BCUT2D eigenvalue weighted by Gasteiger charge is 2.36. The van der Waals surface area contributed by atoms with Crippen LogP contribution in [0.3, 0.4) is 0 Å². The van der Waals surface area contributed by atoms with Gasteiger partial charge in [0.2, 0.25) is 5.28 Å². The molecule has 0 aliphatic rings. The van der Waals surface area contributed by atoms with Gasteiger partial charge in [-0.2, -0.15) is 13.2 Å². The molecule has 0 aliphatic carbocycles. The van der Waals surface area contributed by atoms with E-state index in [0.29, 0.717) is 0 Å². The second kappa shape index (κ2) is 6.04. The van der Waals surface area contributed by atoms with Gasteiger partial charge in [0, 0.05) is 30.7 Å². The number of alkyl halides is 3. The topological polar surface area (TPSA) is 67.8 Å². The van der Waals surface area contributed by atoms with Gasteiger partial charge in [-0.25, -0.2) is 9.97 Å². The lowest BCUT2D eigenvalue weighted by atomic mass is 10.2. The summed E-state index contributed by atoms with van der Waals surface area (Å²) in [5.41, 5.74) is -1.21. The summed E-state index contributed by atoms with van der Waals surface area (Å²) < 4.78 is 38.4. The van der Waals surface area contributed by atoms with Gasteiger partial charge in [-0.15, -0.1) is 0 Å². The molecule has 0 saturated heterocycles. The average molecular weight is 317 g/mol. The number of hydrogen-bond donors (Lipinski definition) is 1. The Labute approximate surface area is 122 Å². The number of hydrogen-bond acceptors (Lipinski definition) is 4. The Morgan fingerprint density at radius 1 is 1.33 bits per heavy atom. The zero-order chi connectivity index (χ0) is 15.5. The quantitative estimate of drug-likeness (QED) is 0.883. The first-order valence-electron chi connectivity index (χ1n) is 5.65. The minimum Gasteiger partial charge on any atom is -0.348 e. The summed E-state index contributed by atoms with van der Waals surface area (Å²) in [6, 6.07) is 3.03. The zero-order valence-corrected chi connectivity index (χ0v) is 11.1. The number of halogens is 4. The summed E-state index contributed by atoms with van der Waals surface area (Å²) in [6.45, 7) is -0.375. The van der Waals surface area contributed by atoms with E-state index >= 15 is 0 Å². The van der Waals surface area contributed by atoms with Gasteiger partial charge in [-0.1, -0.05) is 0 Å². The Hall–Kier alpha value is -2.22. The minimum atomic E-state index is -4.68. The van der Waals surface area contributed by atoms with Crippen LogP contribution < -0.4 is 5.32 Å². The molecule has 2 aromatic rings. The summed E-state index contributed by atoms with van der Waals surface area (Å²) >= 11 is 5.36. The molecule has 2 heterocycles. The molecule has 2 aromatic heterocycles. The maximum Gasteiger partial charge on any atom is 0.433 e. The lowest BCUT2D eigenvalue weighted by molar-refractivity contribution is -0.142. The first-order chi connectivity index (χ1) is 9.88. The molecular formula is C12H8ClF3N4O. The molecule has 2 rings (SSSR count). The number of rotatable bonds is 3. The van der Waals surface area contributed by atoms with E-state index in [4.69, 9.17) is 11.6 Å². The van der Waals surface area contributed by atoms with Crippen molar-refractivity contribution in [2.75, 3.05) is 0 Å². The molecule has 0 radical (unpaired) electrons. The van der Waals surface area contributed by atoms with E-state index in [9.17, 15) is 18.0 Å². The Morgan fingerprint density at radius 3 is 2.71 bits per heavy atom. The maximum absolute atomic E-state index is 12.8. The third-order valence-corrected chi connectivity index (χ3v) is 2.65. The molecular weight excluding hydrogens is 309 g/mol. The number of carbonyl (C=O) groups excluding carboxylic acids is 1. The molecule has 110 valence electrons. The molecule has 0 bridgehead atoms. The van der Waals surface area contributed by atoms with Crippen LogP contribution >= 0.6 is 11.6 Å². The normalized spacial score (nSPS) is 11.2. The third-order valence-electron chi connectivity index (χ3n) is 2.47. The van der Waals surface area contributed by atoms with Crippen molar-refractivity contribution in [3.05, 3.63) is 52.8 Å². The molecule has 0 unspecified atom stereocenters. The number of nitrogens with zero attached hydrogens (tertiary/aromatic N) is 3. The van der Waals surface area contributed by atoms with Crippen molar-refractivity contribution < 1.29 is 18.0 Å². The monoisotopic (exact) mass is 316 g/mol. The van der Waals surface area contributed by atoms with Gasteiger partial charge in [-0.05, 0) is 23.7 Å². The van der Waals surface area contributed by atoms with Crippen LogP contribution in [0.15, 0.2) is 30.7 Å². The lowest BCUT2D eigenvalue weighted by Gasteiger charge is -2.12. The van der Waals surface area contributed by atoms with Crippen LogP contribution in [0.25, 0.3) is 0 Å². The van der Waals surface area contributed by atoms with Crippen molar-refractivity contribution in [3.8, 4) is 0 Å². The van der Waals surface area contributed by atoms with Crippen LogP contribution in [0.1, 0.15) is 21.6 Å². The Kier molecular flexibility index (Phi) is 4.37. The molecule has 1 N–H and O–H groups in total. The molecule has 1 amide bonds. The van der Waals surface area contributed by atoms with Crippen molar-refractivity contribution in [3.63, 3.8) is 0 Å². The van der Waals surface area contributed by atoms with Crippen LogP contribution in [0.4, 0.5) is 13.2 Å². The fraction of sp³-hybridized carbons (Fsp3) is 0.167. The van der Waals surface area contributed by atoms with Gasteiger partial charge in [0.15, 0.2) is 5.69 Å². The van der Waals surface area contributed by atoms with Gasteiger partial charge in [0.05, 0.1) is 5.56 Å². The minimum absolute atomic E-state index is 0.237. The van der Waals surface area contributed by atoms with Crippen molar-refractivity contribution in [2.45, 2.75) is 12.7 Å².